The van der Waals surface area contributed by atoms with Crippen molar-refractivity contribution >= 4 is 38.4 Å². The number of benzene rings is 2. The standard InChI is InChI=1S/C20H19N5O3S/c1-13(26)23-16-6-3-14(4-7-16)18-12-20(25(24-18)29(2,27)28)15-5-8-17-19(11-15)22-10-9-21-17/h3-11,20H,12H2,1-2H3,(H,23,26). The Morgan fingerprint density at radius 2 is 1.76 bits per heavy atom. The molecule has 3 aromatic rings. The van der Waals surface area contributed by atoms with E-state index < -0.39 is 16.1 Å². The molecule has 0 saturated heterocycles. The number of rotatable bonds is 4. The second-order valence-corrected chi connectivity index (χ2v) is 8.71. The van der Waals surface area contributed by atoms with Gasteiger partial charge < -0.3 is 5.32 Å². The van der Waals surface area contributed by atoms with E-state index in [0.717, 1.165) is 27.3 Å². The number of aromatic nitrogens is 2. The molecule has 148 valence electrons. The monoisotopic (exact) mass is 409 g/mol. The summed E-state index contributed by atoms with van der Waals surface area (Å²) >= 11 is 0. The fourth-order valence-electron chi connectivity index (χ4n) is 3.35. The summed E-state index contributed by atoms with van der Waals surface area (Å²) in [5.74, 6) is -0.154. The zero-order chi connectivity index (χ0) is 20.6. The minimum absolute atomic E-state index is 0.154. The van der Waals surface area contributed by atoms with E-state index in [1.165, 1.54) is 6.92 Å². The lowest BCUT2D eigenvalue weighted by molar-refractivity contribution is -0.114. The van der Waals surface area contributed by atoms with Crippen molar-refractivity contribution in [2.24, 2.45) is 5.10 Å². The van der Waals surface area contributed by atoms with Gasteiger partial charge in [0.1, 0.15) is 0 Å². The largest absolute Gasteiger partial charge is 0.326 e. The Bertz CT molecular complexity index is 1220. The number of hydrazone groups is 1. The SMILES string of the molecule is CC(=O)Nc1ccc(C2=NN(S(C)(=O)=O)C(c3ccc4nccnc4c3)C2)cc1. The molecule has 1 aromatic heterocycles. The van der Waals surface area contributed by atoms with Crippen LogP contribution in [0.25, 0.3) is 11.0 Å². The third-order valence-corrected chi connectivity index (χ3v) is 5.64. The molecule has 0 saturated carbocycles. The van der Waals surface area contributed by atoms with Gasteiger partial charge in [0.2, 0.25) is 15.9 Å². The van der Waals surface area contributed by atoms with Gasteiger partial charge in [0.05, 0.1) is 29.0 Å². The lowest BCUT2D eigenvalue weighted by Crippen LogP contribution is -2.25. The summed E-state index contributed by atoms with van der Waals surface area (Å²) in [6.07, 6.45) is 4.80. The third-order valence-electron chi connectivity index (χ3n) is 4.63. The normalized spacial score (nSPS) is 16.7. The highest BCUT2D eigenvalue weighted by Gasteiger charge is 2.34. The van der Waals surface area contributed by atoms with Gasteiger partial charge in [0.15, 0.2) is 0 Å². The topological polar surface area (TPSA) is 105 Å². The number of fused-ring (bicyclic) bond motifs is 1. The molecule has 0 fully saturated rings. The van der Waals surface area contributed by atoms with E-state index in [-0.39, 0.29) is 5.91 Å². The molecule has 1 amide bonds. The number of amides is 1. The minimum Gasteiger partial charge on any atom is -0.326 e. The molecule has 29 heavy (non-hydrogen) atoms. The van der Waals surface area contributed by atoms with Crippen molar-refractivity contribution in [3.05, 3.63) is 66.0 Å². The average molecular weight is 409 g/mol. The molecule has 2 aromatic carbocycles. The number of anilines is 1. The van der Waals surface area contributed by atoms with E-state index in [0.29, 0.717) is 23.3 Å². The van der Waals surface area contributed by atoms with Gasteiger partial charge in [0.25, 0.3) is 0 Å². The van der Waals surface area contributed by atoms with E-state index in [1.807, 2.05) is 30.3 Å². The lowest BCUT2D eigenvalue weighted by atomic mass is 9.98. The smallest absolute Gasteiger partial charge is 0.247 e. The molecule has 1 aliphatic rings. The zero-order valence-corrected chi connectivity index (χ0v) is 16.7. The van der Waals surface area contributed by atoms with E-state index in [2.05, 4.69) is 20.4 Å². The highest BCUT2D eigenvalue weighted by molar-refractivity contribution is 7.88. The number of nitrogens with one attached hydrogen (secondary N) is 1. The van der Waals surface area contributed by atoms with Crippen molar-refractivity contribution in [1.82, 2.24) is 14.4 Å². The third kappa shape index (κ3) is 3.95. The summed E-state index contributed by atoms with van der Waals surface area (Å²) in [6, 6.07) is 12.3. The van der Waals surface area contributed by atoms with Crippen LogP contribution in [-0.4, -0.2) is 40.7 Å². The molecule has 0 bridgehead atoms. The predicted molar refractivity (Wildman–Crippen MR) is 111 cm³/mol. The van der Waals surface area contributed by atoms with Gasteiger partial charge in [-0.2, -0.15) is 9.52 Å². The Balaban J connectivity index is 1.68. The Morgan fingerprint density at radius 3 is 2.41 bits per heavy atom. The van der Waals surface area contributed by atoms with Crippen LogP contribution >= 0.6 is 0 Å². The summed E-state index contributed by atoms with van der Waals surface area (Å²) in [7, 11) is -3.57. The zero-order valence-electron chi connectivity index (χ0n) is 15.9. The summed E-state index contributed by atoms with van der Waals surface area (Å²) in [6.45, 7) is 1.44. The van der Waals surface area contributed by atoms with Crippen LogP contribution in [0.3, 0.4) is 0 Å². The van der Waals surface area contributed by atoms with Gasteiger partial charge in [-0.3, -0.25) is 14.8 Å². The number of carbonyl (C=O) groups excluding carboxylic acids is 1. The Hall–Kier alpha value is -3.33. The van der Waals surface area contributed by atoms with Crippen LogP contribution in [0.5, 0.6) is 0 Å². The fourth-order valence-corrected chi connectivity index (χ4v) is 4.26. The first-order valence-electron chi connectivity index (χ1n) is 8.97. The van der Waals surface area contributed by atoms with Crippen molar-refractivity contribution in [3.63, 3.8) is 0 Å². The van der Waals surface area contributed by atoms with E-state index in [4.69, 9.17) is 0 Å². The van der Waals surface area contributed by atoms with Gasteiger partial charge in [-0.25, -0.2) is 8.42 Å². The van der Waals surface area contributed by atoms with Crippen LogP contribution in [-0.2, 0) is 14.8 Å². The summed E-state index contributed by atoms with van der Waals surface area (Å²) < 4.78 is 25.9. The van der Waals surface area contributed by atoms with E-state index >= 15 is 0 Å². The number of sulfonamides is 1. The molecule has 1 atom stereocenters. The number of hydrogen-bond acceptors (Lipinski definition) is 6. The molecule has 0 radical (unpaired) electrons. The molecule has 1 aliphatic heterocycles. The molecule has 8 nitrogen and oxygen atoms in total. The van der Waals surface area contributed by atoms with Crippen LogP contribution in [0.4, 0.5) is 5.69 Å². The highest BCUT2D eigenvalue weighted by Crippen LogP contribution is 2.35. The van der Waals surface area contributed by atoms with Crippen molar-refractivity contribution in [2.75, 3.05) is 11.6 Å². The van der Waals surface area contributed by atoms with Gasteiger partial charge in [-0.05, 0) is 35.4 Å². The second kappa shape index (κ2) is 7.25. The molecule has 1 N–H and O–H groups in total. The van der Waals surface area contributed by atoms with Crippen molar-refractivity contribution in [1.29, 1.82) is 0 Å². The molecule has 1 unspecified atom stereocenters. The first-order chi connectivity index (χ1) is 13.8. The quantitative estimate of drug-likeness (QED) is 0.713. The van der Waals surface area contributed by atoms with Crippen molar-refractivity contribution in [2.45, 2.75) is 19.4 Å². The highest BCUT2D eigenvalue weighted by atomic mass is 32.2. The van der Waals surface area contributed by atoms with Gasteiger partial charge in [-0.1, -0.05) is 18.2 Å². The van der Waals surface area contributed by atoms with Crippen LogP contribution < -0.4 is 5.32 Å². The van der Waals surface area contributed by atoms with Gasteiger partial charge >= 0.3 is 0 Å². The second-order valence-electron chi connectivity index (χ2n) is 6.87. The fraction of sp³-hybridized carbons (Fsp3) is 0.200. The van der Waals surface area contributed by atoms with Crippen LogP contribution in [0.1, 0.15) is 30.5 Å². The average Bonchev–Trinajstić information content (AvgIpc) is 3.14. The first kappa shape index (κ1) is 19.0. The van der Waals surface area contributed by atoms with Gasteiger partial charge in [0, 0.05) is 31.4 Å². The minimum atomic E-state index is -3.57. The number of nitrogens with zero attached hydrogens (tertiary/aromatic N) is 4. The summed E-state index contributed by atoms with van der Waals surface area (Å²) in [5.41, 5.74) is 4.38. The Labute approximate surface area is 168 Å². The first-order valence-corrected chi connectivity index (χ1v) is 10.8. The summed E-state index contributed by atoms with van der Waals surface area (Å²) in [5, 5.41) is 7.11. The maximum atomic E-state index is 12.4. The molecule has 0 spiro atoms. The Kier molecular flexibility index (Phi) is 4.75. The number of hydrogen-bond donors (Lipinski definition) is 1. The maximum absolute atomic E-state index is 12.4. The van der Waals surface area contributed by atoms with Gasteiger partial charge in [-0.15, -0.1) is 0 Å². The molecule has 9 heteroatoms. The molecular weight excluding hydrogens is 390 g/mol. The van der Waals surface area contributed by atoms with E-state index in [1.54, 1.807) is 24.5 Å². The van der Waals surface area contributed by atoms with Crippen LogP contribution in [0, 0.1) is 0 Å². The van der Waals surface area contributed by atoms with Crippen molar-refractivity contribution in [3.8, 4) is 0 Å². The number of carbonyl (C=O) groups is 1. The summed E-state index contributed by atoms with van der Waals surface area (Å²) in [4.78, 5) is 19.7. The van der Waals surface area contributed by atoms with Crippen LogP contribution in [0.15, 0.2) is 60.0 Å². The lowest BCUT2D eigenvalue weighted by Gasteiger charge is -2.21. The predicted octanol–water partition coefficient (Wildman–Crippen LogP) is 2.70. The van der Waals surface area contributed by atoms with E-state index in [9.17, 15) is 13.2 Å². The maximum Gasteiger partial charge on any atom is 0.247 e. The Morgan fingerprint density at radius 1 is 1.07 bits per heavy atom. The molecular formula is C20H19N5O3S. The molecule has 4 rings (SSSR count). The molecule has 2 heterocycles. The molecule has 0 aliphatic carbocycles. The van der Waals surface area contributed by atoms with Crippen molar-refractivity contribution < 1.29 is 13.2 Å². The van der Waals surface area contributed by atoms with Crippen LogP contribution in [0.2, 0.25) is 0 Å².